The monoisotopic (exact) mass is 414 g/mol. The lowest BCUT2D eigenvalue weighted by Crippen LogP contribution is -2.30. The summed E-state index contributed by atoms with van der Waals surface area (Å²) in [7, 11) is 0. The summed E-state index contributed by atoms with van der Waals surface area (Å²) < 4.78 is 21.4. The minimum Gasteiger partial charge on any atom is -0.491 e. The van der Waals surface area contributed by atoms with E-state index in [0.717, 1.165) is 0 Å². The average Bonchev–Trinajstić information content (AvgIpc) is 3.15. The van der Waals surface area contributed by atoms with Gasteiger partial charge in [-0.05, 0) is 48.5 Å². The highest BCUT2D eigenvalue weighted by Gasteiger charge is 2.14. The van der Waals surface area contributed by atoms with Crippen molar-refractivity contribution in [2.24, 2.45) is 0 Å². The summed E-state index contributed by atoms with van der Waals surface area (Å²) in [6.45, 7) is 0.0119. The largest absolute Gasteiger partial charge is 0.491 e. The Bertz CT molecular complexity index is 1190. The van der Waals surface area contributed by atoms with E-state index in [9.17, 15) is 14.3 Å². The van der Waals surface area contributed by atoms with Crippen molar-refractivity contribution >= 4 is 22.6 Å². The van der Waals surface area contributed by atoms with Crippen LogP contribution < -0.4 is 10.3 Å². The maximum absolute atomic E-state index is 13.1. The van der Waals surface area contributed by atoms with E-state index < -0.39 is 6.10 Å². The molecule has 0 aliphatic rings. The number of ether oxygens (including phenoxy) is 1. The van der Waals surface area contributed by atoms with Gasteiger partial charge in [0.1, 0.15) is 36.0 Å². The zero-order valence-corrected chi connectivity index (χ0v) is 15.8. The number of hydrogen-bond donors (Lipinski definition) is 1. The summed E-state index contributed by atoms with van der Waals surface area (Å²) >= 11 is 5.82. The molecule has 7 nitrogen and oxygen atoms in total. The van der Waals surface area contributed by atoms with Crippen molar-refractivity contribution in [2.45, 2.75) is 12.6 Å². The van der Waals surface area contributed by atoms with Crippen molar-refractivity contribution in [3.63, 3.8) is 0 Å². The van der Waals surface area contributed by atoms with Crippen LogP contribution in [0.2, 0.25) is 5.02 Å². The predicted molar refractivity (Wildman–Crippen MR) is 106 cm³/mol. The Morgan fingerprint density at radius 2 is 1.86 bits per heavy atom. The van der Waals surface area contributed by atoms with Crippen LogP contribution in [-0.4, -0.2) is 37.1 Å². The number of aliphatic hydroxyl groups is 1. The Hall–Kier alpha value is -3.23. The predicted octanol–water partition coefficient (Wildman–Crippen LogP) is 2.81. The first-order chi connectivity index (χ1) is 14.0. The second-order valence-electron chi connectivity index (χ2n) is 6.39. The van der Waals surface area contributed by atoms with Gasteiger partial charge >= 0.3 is 0 Å². The Labute approximate surface area is 169 Å². The maximum atomic E-state index is 13.1. The molecule has 2 aromatic carbocycles. The standard InChI is InChI=1S/C20H16ClFN4O3/c21-13-1-7-17(8-2-13)29-11-16(27)10-25-12-23-19-18(20(25)28)9-24-26(19)15-5-3-14(22)4-6-15/h1-9,12,16,27H,10-11H2. The molecule has 0 fully saturated rings. The highest BCUT2D eigenvalue weighted by Crippen LogP contribution is 2.16. The average molecular weight is 415 g/mol. The van der Waals surface area contributed by atoms with E-state index in [1.165, 1.54) is 33.9 Å². The number of hydrogen-bond acceptors (Lipinski definition) is 5. The zero-order chi connectivity index (χ0) is 20.4. The van der Waals surface area contributed by atoms with E-state index in [1.54, 1.807) is 36.4 Å². The van der Waals surface area contributed by atoms with E-state index in [4.69, 9.17) is 16.3 Å². The Kier molecular flexibility index (Phi) is 5.28. The van der Waals surface area contributed by atoms with Gasteiger partial charge in [-0.3, -0.25) is 9.36 Å². The maximum Gasteiger partial charge on any atom is 0.264 e. The van der Waals surface area contributed by atoms with Crippen molar-refractivity contribution in [3.05, 3.63) is 82.2 Å². The van der Waals surface area contributed by atoms with Gasteiger partial charge in [-0.15, -0.1) is 0 Å². The van der Waals surface area contributed by atoms with Crippen LogP contribution in [0.3, 0.4) is 0 Å². The van der Waals surface area contributed by atoms with Crippen LogP contribution in [0.4, 0.5) is 4.39 Å². The minimum atomic E-state index is -0.922. The fourth-order valence-corrected chi connectivity index (χ4v) is 2.98. The van der Waals surface area contributed by atoms with E-state index in [2.05, 4.69) is 10.1 Å². The van der Waals surface area contributed by atoms with Gasteiger partial charge < -0.3 is 9.84 Å². The molecule has 1 unspecified atom stereocenters. The molecule has 0 aliphatic carbocycles. The molecular weight excluding hydrogens is 399 g/mol. The fraction of sp³-hybridized carbons (Fsp3) is 0.150. The number of benzene rings is 2. The van der Waals surface area contributed by atoms with Crippen molar-refractivity contribution in [3.8, 4) is 11.4 Å². The molecule has 0 saturated carbocycles. The van der Waals surface area contributed by atoms with E-state index in [-0.39, 0.29) is 24.5 Å². The van der Waals surface area contributed by atoms with Gasteiger partial charge in [-0.1, -0.05) is 11.6 Å². The fourth-order valence-electron chi connectivity index (χ4n) is 2.85. The van der Waals surface area contributed by atoms with Crippen LogP contribution in [0.5, 0.6) is 5.75 Å². The molecule has 0 spiro atoms. The van der Waals surface area contributed by atoms with E-state index in [1.807, 2.05) is 0 Å². The summed E-state index contributed by atoms with van der Waals surface area (Å²) in [6.07, 6.45) is 1.83. The molecule has 2 heterocycles. The molecule has 1 atom stereocenters. The first-order valence-electron chi connectivity index (χ1n) is 8.77. The lowest BCUT2D eigenvalue weighted by atomic mass is 10.3. The summed E-state index contributed by atoms with van der Waals surface area (Å²) in [5, 5.41) is 15.3. The van der Waals surface area contributed by atoms with Crippen LogP contribution in [0.1, 0.15) is 0 Å². The number of halogens is 2. The number of rotatable bonds is 6. The SMILES string of the molecule is O=c1c2cnn(-c3ccc(F)cc3)c2ncn1CC(O)COc1ccc(Cl)cc1. The molecular formula is C20H16ClFN4O3. The van der Waals surface area contributed by atoms with Crippen LogP contribution in [0, 0.1) is 5.82 Å². The molecule has 9 heteroatoms. The first-order valence-corrected chi connectivity index (χ1v) is 9.14. The second kappa shape index (κ2) is 8.02. The van der Waals surface area contributed by atoms with Crippen molar-refractivity contribution in [1.82, 2.24) is 19.3 Å². The molecule has 0 saturated heterocycles. The normalized spacial score (nSPS) is 12.2. The number of aliphatic hydroxyl groups excluding tert-OH is 1. The lowest BCUT2D eigenvalue weighted by Gasteiger charge is -2.14. The van der Waals surface area contributed by atoms with Crippen molar-refractivity contribution < 1.29 is 14.2 Å². The third kappa shape index (κ3) is 4.13. The third-order valence-corrected chi connectivity index (χ3v) is 4.54. The van der Waals surface area contributed by atoms with Crippen LogP contribution in [0.25, 0.3) is 16.7 Å². The van der Waals surface area contributed by atoms with Crippen LogP contribution >= 0.6 is 11.6 Å². The van der Waals surface area contributed by atoms with Gasteiger partial charge in [-0.2, -0.15) is 5.10 Å². The Balaban J connectivity index is 1.51. The van der Waals surface area contributed by atoms with Gasteiger partial charge in [0.2, 0.25) is 0 Å². The number of aromatic nitrogens is 4. The summed E-state index contributed by atoms with van der Waals surface area (Å²) in [4.78, 5) is 17.0. The Morgan fingerprint density at radius 3 is 2.59 bits per heavy atom. The molecule has 0 amide bonds. The van der Waals surface area contributed by atoms with Gasteiger partial charge in [-0.25, -0.2) is 14.1 Å². The molecule has 0 aliphatic heterocycles. The molecule has 0 bridgehead atoms. The second-order valence-corrected chi connectivity index (χ2v) is 6.83. The van der Waals surface area contributed by atoms with Crippen molar-refractivity contribution in [2.75, 3.05) is 6.61 Å². The highest BCUT2D eigenvalue weighted by atomic mass is 35.5. The molecule has 2 aromatic heterocycles. The third-order valence-electron chi connectivity index (χ3n) is 4.29. The summed E-state index contributed by atoms with van der Waals surface area (Å²) in [5.74, 6) is 0.199. The summed E-state index contributed by atoms with van der Waals surface area (Å²) in [5.41, 5.74) is 0.598. The van der Waals surface area contributed by atoms with Crippen LogP contribution in [0.15, 0.2) is 65.8 Å². The first kappa shape index (κ1) is 19.1. The van der Waals surface area contributed by atoms with Gasteiger partial charge in [0.05, 0.1) is 18.4 Å². The lowest BCUT2D eigenvalue weighted by molar-refractivity contribution is 0.0915. The number of nitrogens with zero attached hydrogens (tertiary/aromatic N) is 4. The van der Waals surface area contributed by atoms with E-state index in [0.29, 0.717) is 27.5 Å². The van der Waals surface area contributed by atoms with Crippen LogP contribution in [-0.2, 0) is 6.54 Å². The number of fused-ring (bicyclic) bond motifs is 1. The van der Waals surface area contributed by atoms with Crippen molar-refractivity contribution in [1.29, 1.82) is 0 Å². The quantitative estimate of drug-likeness (QED) is 0.524. The highest BCUT2D eigenvalue weighted by molar-refractivity contribution is 6.30. The Morgan fingerprint density at radius 1 is 1.14 bits per heavy atom. The molecule has 29 heavy (non-hydrogen) atoms. The zero-order valence-electron chi connectivity index (χ0n) is 15.1. The smallest absolute Gasteiger partial charge is 0.264 e. The molecule has 148 valence electrons. The van der Waals surface area contributed by atoms with Gasteiger partial charge in [0.25, 0.3) is 5.56 Å². The minimum absolute atomic E-state index is 0.000943. The summed E-state index contributed by atoms with van der Waals surface area (Å²) in [6, 6.07) is 12.5. The van der Waals surface area contributed by atoms with E-state index >= 15 is 0 Å². The molecule has 4 aromatic rings. The van der Waals surface area contributed by atoms with Gasteiger partial charge in [0.15, 0.2) is 5.65 Å². The molecule has 1 N–H and O–H groups in total. The topological polar surface area (TPSA) is 82.2 Å². The molecule has 0 radical (unpaired) electrons. The van der Waals surface area contributed by atoms with Gasteiger partial charge in [0, 0.05) is 5.02 Å². The molecule has 4 rings (SSSR count).